The molecule has 8 heteroatoms. The topological polar surface area (TPSA) is 81.9 Å². The highest BCUT2D eigenvalue weighted by atomic mass is 32.2. The van der Waals surface area contributed by atoms with Gasteiger partial charge in [0, 0.05) is 41.7 Å². The number of nitrogens with zero attached hydrogens (tertiary/aromatic N) is 4. The number of nitrogens with one attached hydrogen (secondary N) is 1. The van der Waals surface area contributed by atoms with E-state index in [0.29, 0.717) is 6.61 Å². The zero-order chi connectivity index (χ0) is 22.2. The number of anilines is 1. The van der Waals surface area contributed by atoms with Crippen molar-refractivity contribution in [2.45, 2.75) is 16.7 Å². The molecule has 0 saturated carbocycles. The summed E-state index contributed by atoms with van der Waals surface area (Å²) in [5, 5.41) is 11.6. The summed E-state index contributed by atoms with van der Waals surface area (Å²) < 4.78 is 7.60. The number of ether oxygens (including phenoxy) is 1. The first kappa shape index (κ1) is 21.3. The van der Waals surface area contributed by atoms with Crippen molar-refractivity contribution in [2.24, 2.45) is 7.05 Å². The molecule has 1 N–H and O–H groups in total. The smallest absolute Gasteiger partial charge is 0.248 e. The molecule has 0 radical (unpaired) electrons. The van der Waals surface area contributed by atoms with Gasteiger partial charge in [0.1, 0.15) is 18.7 Å². The van der Waals surface area contributed by atoms with Crippen LogP contribution >= 0.6 is 11.8 Å². The predicted molar refractivity (Wildman–Crippen MR) is 124 cm³/mol. The normalized spacial score (nSPS) is 10.9. The Balaban J connectivity index is 1.27. The maximum Gasteiger partial charge on any atom is 0.248 e. The summed E-state index contributed by atoms with van der Waals surface area (Å²) in [6.07, 6.45) is 8.44. The number of amides is 1. The van der Waals surface area contributed by atoms with E-state index in [1.807, 2.05) is 72.3 Å². The van der Waals surface area contributed by atoms with Gasteiger partial charge in [-0.1, -0.05) is 18.2 Å². The molecular weight excluding hydrogens is 422 g/mol. The Bertz CT molecular complexity index is 1190. The number of carbonyl (C=O) groups excluding carboxylic acids is 1. The first-order valence-corrected chi connectivity index (χ1v) is 10.7. The zero-order valence-corrected chi connectivity index (χ0v) is 18.2. The van der Waals surface area contributed by atoms with Crippen LogP contribution in [-0.4, -0.2) is 25.7 Å². The molecule has 0 aliphatic carbocycles. The van der Waals surface area contributed by atoms with Gasteiger partial charge in [0.25, 0.3) is 0 Å². The first-order chi connectivity index (χ1) is 15.7. The number of benzene rings is 2. The molecule has 4 aromatic rings. The Kier molecular flexibility index (Phi) is 6.94. The van der Waals surface area contributed by atoms with Crippen molar-refractivity contribution in [3.8, 4) is 5.75 Å². The van der Waals surface area contributed by atoms with Crippen molar-refractivity contribution in [3.63, 3.8) is 0 Å². The molecule has 0 unspecified atom stereocenters. The molecule has 7 nitrogen and oxygen atoms in total. The van der Waals surface area contributed by atoms with Crippen LogP contribution < -0.4 is 10.1 Å². The number of aryl methyl sites for hydroxylation is 1. The first-order valence-electron chi connectivity index (χ1n) is 9.88. The number of carbonyl (C=O) groups is 1. The molecule has 0 aliphatic heterocycles. The molecule has 32 heavy (non-hydrogen) atoms. The molecule has 0 bridgehead atoms. The van der Waals surface area contributed by atoms with E-state index in [1.165, 1.54) is 17.8 Å². The minimum Gasteiger partial charge on any atom is -0.489 e. The molecule has 0 atom stereocenters. The monoisotopic (exact) mass is 443 g/mol. The highest BCUT2D eigenvalue weighted by Crippen LogP contribution is 2.26. The Morgan fingerprint density at radius 1 is 1.12 bits per heavy atom. The van der Waals surface area contributed by atoms with Crippen LogP contribution in [0.1, 0.15) is 11.1 Å². The van der Waals surface area contributed by atoms with Crippen LogP contribution in [-0.2, 0) is 18.4 Å². The molecule has 2 heterocycles. The largest absolute Gasteiger partial charge is 0.489 e. The second-order valence-corrected chi connectivity index (χ2v) is 7.93. The summed E-state index contributed by atoms with van der Waals surface area (Å²) in [6, 6.07) is 19.0. The molecule has 160 valence electrons. The van der Waals surface area contributed by atoms with Gasteiger partial charge in [-0.2, -0.15) is 0 Å². The highest BCUT2D eigenvalue weighted by molar-refractivity contribution is 7.99. The van der Waals surface area contributed by atoms with E-state index in [9.17, 15) is 4.79 Å². The number of hydrogen-bond donors (Lipinski definition) is 1. The predicted octanol–water partition coefficient (Wildman–Crippen LogP) is 4.59. The molecule has 0 saturated heterocycles. The van der Waals surface area contributed by atoms with Gasteiger partial charge in [0.2, 0.25) is 5.91 Å². The van der Waals surface area contributed by atoms with Gasteiger partial charge >= 0.3 is 0 Å². The number of pyridine rings is 1. The van der Waals surface area contributed by atoms with Crippen molar-refractivity contribution in [2.75, 3.05) is 5.32 Å². The van der Waals surface area contributed by atoms with Crippen LogP contribution in [0.5, 0.6) is 5.75 Å². The van der Waals surface area contributed by atoms with Crippen molar-refractivity contribution in [1.82, 2.24) is 19.7 Å². The van der Waals surface area contributed by atoms with Crippen molar-refractivity contribution in [3.05, 3.63) is 96.6 Å². The van der Waals surface area contributed by atoms with Gasteiger partial charge in [-0.15, -0.1) is 10.2 Å². The second kappa shape index (κ2) is 10.4. The molecule has 2 aromatic carbocycles. The van der Waals surface area contributed by atoms with Crippen molar-refractivity contribution >= 4 is 29.4 Å². The van der Waals surface area contributed by atoms with E-state index in [2.05, 4.69) is 20.5 Å². The average Bonchev–Trinajstić information content (AvgIpc) is 3.23. The standard InChI is InChI=1S/C24H21N5O2S/c1-29-17-26-28-24(29)32-22-11-7-20(8-12-22)27-23(30)13-6-18-4-9-21(10-5-18)31-16-19-3-2-14-25-15-19/h2-15,17H,16H2,1H3,(H,27,30)/b13-6+. The molecule has 2 aromatic heterocycles. The maximum atomic E-state index is 12.2. The van der Waals surface area contributed by atoms with Crippen LogP contribution in [0, 0.1) is 0 Å². The van der Waals surface area contributed by atoms with Gasteiger partial charge in [-0.25, -0.2) is 0 Å². The molecule has 0 aliphatic rings. The lowest BCUT2D eigenvalue weighted by molar-refractivity contribution is -0.111. The minimum absolute atomic E-state index is 0.199. The highest BCUT2D eigenvalue weighted by Gasteiger charge is 2.04. The van der Waals surface area contributed by atoms with Crippen LogP contribution in [0.15, 0.2) is 95.5 Å². The number of rotatable bonds is 8. The minimum atomic E-state index is -0.199. The summed E-state index contributed by atoms with van der Waals surface area (Å²) in [4.78, 5) is 17.3. The van der Waals surface area contributed by atoms with Gasteiger partial charge in [0.05, 0.1) is 0 Å². The van der Waals surface area contributed by atoms with Crippen LogP contribution in [0.25, 0.3) is 6.08 Å². The summed E-state index contributed by atoms with van der Waals surface area (Å²) in [7, 11) is 1.90. The molecule has 1 amide bonds. The Hall–Kier alpha value is -3.91. The Morgan fingerprint density at radius 3 is 2.62 bits per heavy atom. The van der Waals surface area contributed by atoms with Crippen molar-refractivity contribution in [1.29, 1.82) is 0 Å². The fourth-order valence-electron chi connectivity index (χ4n) is 2.76. The average molecular weight is 444 g/mol. The fraction of sp³-hybridized carbons (Fsp3) is 0.0833. The number of aromatic nitrogens is 4. The molecule has 0 fully saturated rings. The quantitative estimate of drug-likeness (QED) is 0.401. The summed E-state index contributed by atoms with van der Waals surface area (Å²) in [5.74, 6) is 0.561. The van der Waals surface area contributed by atoms with Gasteiger partial charge in [-0.3, -0.25) is 9.78 Å². The SMILES string of the molecule is Cn1cnnc1Sc1ccc(NC(=O)/C=C/c2ccc(OCc3cccnc3)cc2)cc1. The van der Waals surface area contributed by atoms with Crippen LogP contribution in [0.4, 0.5) is 5.69 Å². The zero-order valence-electron chi connectivity index (χ0n) is 17.4. The summed E-state index contributed by atoms with van der Waals surface area (Å²) in [5.41, 5.74) is 2.64. The van der Waals surface area contributed by atoms with E-state index in [0.717, 1.165) is 32.6 Å². The van der Waals surface area contributed by atoms with E-state index in [4.69, 9.17) is 4.74 Å². The number of hydrogen-bond acceptors (Lipinski definition) is 6. The van der Waals surface area contributed by atoms with Crippen LogP contribution in [0.2, 0.25) is 0 Å². The van der Waals surface area contributed by atoms with Gasteiger partial charge < -0.3 is 14.6 Å². The third kappa shape index (κ3) is 6.05. The van der Waals surface area contributed by atoms with E-state index in [1.54, 1.807) is 24.8 Å². The molecule has 0 spiro atoms. The Morgan fingerprint density at radius 2 is 1.94 bits per heavy atom. The summed E-state index contributed by atoms with van der Waals surface area (Å²) >= 11 is 1.51. The third-order valence-corrected chi connectivity index (χ3v) is 5.50. The lowest BCUT2D eigenvalue weighted by atomic mass is 10.2. The maximum absolute atomic E-state index is 12.2. The fourth-order valence-corrected chi connectivity index (χ4v) is 3.52. The lowest BCUT2D eigenvalue weighted by Crippen LogP contribution is -2.07. The van der Waals surface area contributed by atoms with E-state index in [-0.39, 0.29) is 5.91 Å². The van der Waals surface area contributed by atoms with Crippen molar-refractivity contribution < 1.29 is 9.53 Å². The second-order valence-electron chi connectivity index (χ2n) is 6.89. The van der Waals surface area contributed by atoms with Crippen LogP contribution in [0.3, 0.4) is 0 Å². The third-order valence-electron chi connectivity index (χ3n) is 4.44. The molecule has 4 rings (SSSR count). The molecular formula is C24H21N5O2S. The van der Waals surface area contributed by atoms with E-state index >= 15 is 0 Å². The van der Waals surface area contributed by atoms with Gasteiger partial charge in [-0.05, 0) is 65.9 Å². The van der Waals surface area contributed by atoms with Gasteiger partial charge in [0.15, 0.2) is 5.16 Å². The Labute approximate surface area is 190 Å². The van der Waals surface area contributed by atoms with E-state index < -0.39 is 0 Å². The summed E-state index contributed by atoms with van der Waals surface area (Å²) in [6.45, 7) is 0.460. The lowest BCUT2D eigenvalue weighted by Gasteiger charge is -2.06.